The van der Waals surface area contributed by atoms with Gasteiger partial charge < -0.3 is 20.7 Å². The predicted molar refractivity (Wildman–Crippen MR) is 112 cm³/mol. The minimum Gasteiger partial charge on any atom is -0.464 e. The summed E-state index contributed by atoms with van der Waals surface area (Å²) in [4.78, 5) is 53.9. The number of carbonyl (C=O) groups excluding carboxylic acids is 4. The molecule has 1 atom stereocenters. The number of aromatic nitrogens is 1. The number of esters is 1. The Labute approximate surface area is 177 Å². The van der Waals surface area contributed by atoms with E-state index in [1.54, 1.807) is 24.3 Å². The maximum atomic E-state index is 12.4. The summed E-state index contributed by atoms with van der Waals surface area (Å²) in [5.41, 5.74) is 0.990. The van der Waals surface area contributed by atoms with Gasteiger partial charge in [0.1, 0.15) is 6.04 Å². The van der Waals surface area contributed by atoms with E-state index < -0.39 is 12.0 Å². The lowest BCUT2D eigenvalue weighted by atomic mass is 10.1. The van der Waals surface area contributed by atoms with Crippen molar-refractivity contribution in [2.45, 2.75) is 38.6 Å². The normalized spacial score (nSPS) is 15.7. The van der Waals surface area contributed by atoms with Crippen molar-refractivity contribution >= 4 is 45.8 Å². The highest BCUT2D eigenvalue weighted by atomic mass is 32.1. The maximum Gasteiger partial charge on any atom is 0.357 e. The van der Waals surface area contributed by atoms with Crippen LogP contribution in [0.1, 0.15) is 58.3 Å². The lowest BCUT2D eigenvalue weighted by Gasteiger charge is -2.13. The molecule has 0 aliphatic carbocycles. The summed E-state index contributed by atoms with van der Waals surface area (Å²) in [6.07, 6.45) is 0.0997. The molecule has 1 aromatic heterocycles. The summed E-state index contributed by atoms with van der Waals surface area (Å²) in [7, 11) is 1.27. The smallest absolute Gasteiger partial charge is 0.357 e. The Hall–Kier alpha value is -3.27. The second-order valence-electron chi connectivity index (χ2n) is 7.03. The van der Waals surface area contributed by atoms with Gasteiger partial charge in [-0.05, 0) is 24.5 Å². The summed E-state index contributed by atoms with van der Waals surface area (Å²) in [5.74, 6) is -1.66. The van der Waals surface area contributed by atoms with E-state index in [0.717, 1.165) is 0 Å². The molecule has 30 heavy (non-hydrogen) atoms. The highest BCUT2D eigenvalue weighted by Gasteiger charge is 2.28. The Bertz CT molecular complexity index is 1000. The van der Waals surface area contributed by atoms with E-state index in [0.29, 0.717) is 16.1 Å². The molecule has 3 amide bonds. The highest BCUT2D eigenvalue weighted by Crippen LogP contribution is 2.30. The number of amides is 3. The Morgan fingerprint density at radius 2 is 2.00 bits per heavy atom. The fourth-order valence-corrected chi connectivity index (χ4v) is 3.96. The molecule has 9 nitrogen and oxygen atoms in total. The van der Waals surface area contributed by atoms with Crippen LogP contribution in [0.4, 0.5) is 10.8 Å². The first-order valence-corrected chi connectivity index (χ1v) is 10.2. The number of fused-ring (bicyclic) bond motifs is 1. The first kappa shape index (κ1) is 21.4. The molecule has 0 unspecified atom stereocenters. The molecule has 1 aromatic carbocycles. The Morgan fingerprint density at radius 3 is 2.70 bits per heavy atom. The topological polar surface area (TPSA) is 126 Å². The van der Waals surface area contributed by atoms with Gasteiger partial charge in [-0.3, -0.25) is 14.4 Å². The minimum atomic E-state index is -0.844. The zero-order valence-electron chi connectivity index (χ0n) is 16.8. The summed E-state index contributed by atoms with van der Waals surface area (Å²) in [6, 6.07) is 5.86. The van der Waals surface area contributed by atoms with Crippen molar-refractivity contribution in [2.75, 3.05) is 17.7 Å². The summed E-state index contributed by atoms with van der Waals surface area (Å²) in [6.45, 7) is 3.83. The van der Waals surface area contributed by atoms with E-state index in [-0.39, 0.29) is 47.3 Å². The van der Waals surface area contributed by atoms with Crippen LogP contribution in [0.5, 0.6) is 0 Å². The van der Waals surface area contributed by atoms with E-state index in [1.165, 1.54) is 18.4 Å². The van der Waals surface area contributed by atoms with Gasteiger partial charge in [0, 0.05) is 11.3 Å². The zero-order valence-corrected chi connectivity index (χ0v) is 17.6. The van der Waals surface area contributed by atoms with Crippen LogP contribution in [0, 0.1) is 0 Å². The zero-order chi connectivity index (χ0) is 21.8. The van der Waals surface area contributed by atoms with E-state index in [4.69, 9.17) is 4.74 Å². The molecule has 2 aromatic rings. The van der Waals surface area contributed by atoms with Gasteiger partial charge in [-0.25, -0.2) is 9.78 Å². The van der Waals surface area contributed by atoms with Crippen LogP contribution in [-0.2, 0) is 14.3 Å². The fraction of sp³-hybridized carbons (Fsp3) is 0.350. The Kier molecular flexibility index (Phi) is 6.46. The standard InChI is InChI=1S/C20H22N4O5S/c1-10(2)16-15(19(28)29-3)24-20(30-16)23-14(25)9-8-13-18(27)21-12-7-5-4-6-11(12)17(26)22-13/h4-7,10,13H,8-9H2,1-3H3,(H,21,27)(H,22,26)(H,23,24,25)/t13-/m0/s1. The van der Waals surface area contributed by atoms with Crippen molar-refractivity contribution in [3.05, 3.63) is 40.4 Å². The van der Waals surface area contributed by atoms with Gasteiger partial charge in [0.2, 0.25) is 11.8 Å². The number of anilines is 2. The molecule has 10 heteroatoms. The van der Waals surface area contributed by atoms with Crippen molar-refractivity contribution in [1.29, 1.82) is 0 Å². The highest BCUT2D eigenvalue weighted by molar-refractivity contribution is 7.16. The van der Waals surface area contributed by atoms with Crippen LogP contribution in [0.15, 0.2) is 24.3 Å². The molecular formula is C20H22N4O5S. The summed E-state index contributed by atoms with van der Waals surface area (Å²) >= 11 is 1.20. The molecule has 0 saturated carbocycles. The largest absolute Gasteiger partial charge is 0.464 e. The summed E-state index contributed by atoms with van der Waals surface area (Å²) < 4.78 is 4.74. The number of hydrogen-bond donors (Lipinski definition) is 3. The lowest BCUT2D eigenvalue weighted by molar-refractivity contribution is -0.118. The van der Waals surface area contributed by atoms with Gasteiger partial charge in [0.25, 0.3) is 5.91 Å². The number of para-hydroxylation sites is 1. The van der Waals surface area contributed by atoms with Crippen LogP contribution in [-0.4, -0.2) is 41.8 Å². The van der Waals surface area contributed by atoms with E-state index in [1.807, 2.05) is 13.8 Å². The van der Waals surface area contributed by atoms with Gasteiger partial charge in [0.15, 0.2) is 10.8 Å². The number of nitrogens with zero attached hydrogens (tertiary/aromatic N) is 1. The summed E-state index contributed by atoms with van der Waals surface area (Å²) in [5, 5.41) is 8.29. The third-order valence-electron chi connectivity index (χ3n) is 4.51. The van der Waals surface area contributed by atoms with E-state index >= 15 is 0 Å². The number of methoxy groups -OCH3 is 1. The maximum absolute atomic E-state index is 12.4. The molecule has 1 aliphatic rings. The number of nitrogens with one attached hydrogen (secondary N) is 3. The number of rotatable bonds is 6. The second-order valence-corrected chi connectivity index (χ2v) is 8.06. The van der Waals surface area contributed by atoms with Crippen LogP contribution in [0.25, 0.3) is 0 Å². The Morgan fingerprint density at radius 1 is 1.27 bits per heavy atom. The third kappa shape index (κ3) is 4.65. The first-order chi connectivity index (χ1) is 14.3. The second kappa shape index (κ2) is 9.04. The van der Waals surface area contributed by atoms with Crippen LogP contribution in [0.2, 0.25) is 0 Å². The number of benzene rings is 1. The molecule has 0 bridgehead atoms. The first-order valence-electron chi connectivity index (χ1n) is 9.39. The SMILES string of the molecule is COC(=O)c1nc(NC(=O)CC[C@@H]2NC(=O)c3ccccc3NC2=O)sc1C(C)C. The molecule has 1 aliphatic heterocycles. The average molecular weight is 430 g/mol. The average Bonchev–Trinajstić information content (AvgIpc) is 3.09. The van der Waals surface area contributed by atoms with Crippen LogP contribution in [0.3, 0.4) is 0 Å². The van der Waals surface area contributed by atoms with E-state index in [2.05, 4.69) is 20.9 Å². The van der Waals surface area contributed by atoms with Crippen LogP contribution < -0.4 is 16.0 Å². The number of hydrogen-bond acceptors (Lipinski definition) is 7. The van der Waals surface area contributed by atoms with Crippen molar-refractivity contribution in [2.24, 2.45) is 0 Å². The van der Waals surface area contributed by atoms with Crippen LogP contribution >= 0.6 is 11.3 Å². The van der Waals surface area contributed by atoms with Gasteiger partial charge in [-0.2, -0.15) is 0 Å². The van der Waals surface area contributed by atoms with Gasteiger partial charge in [-0.15, -0.1) is 11.3 Å². The van der Waals surface area contributed by atoms with Crippen molar-refractivity contribution in [1.82, 2.24) is 10.3 Å². The molecule has 2 heterocycles. The Balaban J connectivity index is 1.63. The monoisotopic (exact) mass is 430 g/mol. The molecule has 158 valence electrons. The van der Waals surface area contributed by atoms with E-state index in [9.17, 15) is 19.2 Å². The lowest BCUT2D eigenvalue weighted by Crippen LogP contribution is -2.41. The molecule has 0 radical (unpaired) electrons. The number of carbonyl (C=O) groups is 4. The van der Waals surface area contributed by atoms with Crippen molar-refractivity contribution < 1.29 is 23.9 Å². The fourth-order valence-electron chi connectivity index (χ4n) is 2.99. The number of ether oxygens (including phenoxy) is 1. The molecule has 3 N–H and O–H groups in total. The quantitative estimate of drug-likeness (QED) is 0.605. The van der Waals surface area contributed by atoms with Gasteiger partial charge >= 0.3 is 5.97 Å². The molecule has 0 saturated heterocycles. The number of thiazole rings is 1. The molecular weight excluding hydrogens is 408 g/mol. The van der Waals surface area contributed by atoms with Gasteiger partial charge in [0.05, 0.1) is 18.4 Å². The third-order valence-corrected chi connectivity index (χ3v) is 5.79. The van der Waals surface area contributed by atoms with Crippen molar-refractivity contribution in [3.8, 4) is 0 Å². The van der Waals surface area contributed by atoms with Gasteiger partial charge in [-0.1, -0.05) is 26.0 Å². The van der Waals surface area contributed by atoms with Crippen molar-refractivity contribution in [3.63, 3.8) is 0 Å². The predicted octanol–water partition coefficient (Wildman–Crippen LogP) is 2.52. The molecule has 0 spiro atoms. The molecule has 0 fully saturated rings. The molecule has 3 rings (SSSR count). The minimum absolute atomic E-state index is 0.0150.